The van der Waals surface area contributed by atoms with Gasteiger partial charge in [-0.1, -0.05) is 0 Å². The van der Waals surface area contributed by atoms with Gasteiger partial charge in [-0.2, -0.15) is 4.79 Å². The molecule has 0 bridgehead atoms. The highest BCUT2D eigenvalue weighted by atomic mass is 19.1. The molecule has 1 unspecified atom stereocenters. The Balaban J connectivity index is 0.000000201. The number of hydrogen-bond acceptors (Lipinski definition) is 6. The van der Waals surface area contributed by atoms with Gasteiger partial charge >= 0.3 is 18.2 Å². The molecule has 8 nitrogen and oxygen atoms in total. The zero-order chi connectivity index (χ0) is 26.4. The van der Waals surface area contributed by atoms with Gasteiger partial charge in [0, 0.05) is 17.4 Å². The molecule has 3 atom stereocenters. The molecule has 190 valence electrons. The third-order valence-electron chi connectivity index (χ3n) is 5.56. The molecule has 2 fully saturated rings. The van der Waals surface area contributed by atoms with Gasteiger partial charge in [-0.3, -0.25) is 4.79 Å². The molecule has 1 saturated heterocycles. The zero-order valence-electron chi connectivity index (χ0n) is 19.0. The van der Waals surface area contributed by atoms with E-state index in [0.717, 1.165) is 24.3 Å². The van der Waals surface area contributed by atoms with Crippen molar-refractivity contribution in [1.82, 2.24) is 0 Å². The number of cyclic esters (lactones) is 1. The highest BCUT2D eigenvalue weighted by molar-refractivity contribution is 6.20. The second-order valence-corrected chi connectivity index (χ2v) is 7.57. The van der Waals surface area contributed by atoms with Crippen LogP contribution in [-0.4, -0.2) is 50.4 Å². The minimum absolute atomic E-state index is 0.0345. The van der Waals surface area contributed by atoms with Crippen molar-refractivity contribution >= 4 is 24.2 Å². The minimum atomic E-state index is -0.862. The number of fused-ring (bicyclic) bond motifs is 1. The third kappa shape index (κ3) is 5.55. The van der Waals surface area contributed by atoms with Crippen molar-refractivity contribution in [2.45, 2.75) is 5.92 Å². The first-order valence-corrected chi connectivity index (χ1v) is 10.5. The van der Waals surface area contributed by atoms with E-state index in [1.807, 2.05) is 0 Å². The molecular formula is C24H20F4N2O6. The third-order valence-corrected chi connectivity index (χ3v) is 5.56. The van der Waals surface area contributed by atoms with Gasteiger partial charge in [0.15, 0.2) is 23.1 Å². The number of rotatable bonds is 7. The summed E-state index contributed by atoms with van der Waals surface area (Å²) in [5.74, 6) is -4.71. The Hall–Kier alpha value is -4.18. The number of hydrogen-bond donors (Lipinski definition) is 0. The first kappa shape index (κ1) is 26.4. The quantitative estimate of drug-likeness (QED) is 0.186. The molecule has 1 aliphatic carbocycles. The average Bonchev–Trinajstić information content (AvgIpc) is 3.45. The molecule has 1 aliphatic heterocycles. The SMILES string of the molecule is COc1c(F)ccc(F)c1/C=C\COC(=O)C=[N+]=[N-].COc1c(F)ccc(F)c1C1[C@H]2COC(=O)[C@@H]12. The topological polar surface area (TPSA) is 107 Å². The average molecular weight is 508 g/mol. The van der Waals surface area contributed by atoms with E-state index in [2.05, 4.69) is 9.53 Å². The summed E-state index contributed by atoms with van der Waals surface area (Å²) in [5.41, 5.74) is 8.13. The van der Waals surface area contributed by atoms with Gasteiger partial charge < -0.3 is 24.5 Å². The Labute approximate surface area is 202 Å². The van der Waals surface area contributed by atoms with Gasteiger partial charge in [0.2, 0.25) is 0 Å². The lowest BCUT2D eigenvalue weighted by Crippen LogP contribution is -2.07. The molecule has 2 aromatic carbocycles. The molecule has 0 aromatic heterocycles. The number of nitrogens with zero attached hydrogens (tertiary/aromatic N) is 2. The fourth-order valence-corrected chi connectivity index (χ4v) is 3.93. The van der Waals surface area contributed by atoms with E-state index in [9.17, 15) is 27.2 Å². The van der Waals surface area contributed by atoms with Crippen LogP contribution in [0.2, 0.25) is 0 Å². The van der Waals surface area contributed by atoms with Crippen LogP contribution in [0.25, 0.3) is 11.6 Å². The molecular weight excluding hydrogens is 488 g/mol. The Morgan fingerprint density at radius 3 is 2.22 bits per heavy atom. The van der Waals surface area contributed by atoms with Crippen molar-refractivity contribution in [3.63, 3.8) is 0 Å². The maximum absolute atomic E-state index is 13.7. The summed E-state index contributed by atoms with van der Waals surface area (Å²) in [6.45, 7) is 0.0945. The number of ether oxygens (including phenoxy) is 4. The summed E-state index contributed by atoms with van der Waals surface area (Å²) < 4.78 is 73.0. The van der Waals surface area contributed by atoms with E-state index in [4.69, 9.17) is 19.7 Å². The molecule has 36 heavy (non-hydrogen) atoms. The lowest BCUT2D eigenvalue weighted by Gasteiger charge is -2.11. The Morgan fingerprint density at radius 2 is 1.64 bits per heavy atom. The lowest BCUT2D eigenvalue weighted by atomic mass is 10.1. The largest absolute Gasteiger partial charge is 0.493 e. The van der Waals surface area contributed by atoms with Gasteiger partial charge in [0.1, 0.15) is 18.2 Å². The molecule has 4 rings (SSSR count). The first-order chi connectivity index (χ1) is 17.2. The molecule has 2 aliphatic rings. The van der Waals surface area contributed by atoms with Gasteiger partial charge in [0.05, 0.1) is 32.3 Å². The van der Waals surface area contributed by atoms with Crippen LogP contribution in [0.3, 0.4) is 0 Å². The summed E-state index contributed by atoms with van der Waals surface area (Å²) in [7, 11) is 2.50. The van der Waals surface area contributed by atoms with Crippen molar-refractivity contribution in [2.75, 3.05) is 27.4 Å². The van der Waals surface area contributed by atoms with Crippen molar-refractivity contribution in [1.29, 1.82) is 0 Å². The molecule has 0 radical (unpaired) electrons. The molecule has 0 spiro atoms. The normalized spacial score (nSPS) is 19.4. The van der Waals surface area contributed by atoms with Gasteiger partial charge in [-0.25, -0.2) is 22.4 Å². The highest BCUT2D eigenvalue weighted by Gasteiger charge is 2.62. The van der Waals surface area contributed by atoms with Gasteiger partial charge in [0.25, 0.3) is 0 Å². The van der Waals surface area contributed by atoms with Crippen molar-refractivity contribution < 1.29 is 50.9 Å². The summed E-state index contributed by atoms with van der Waals surface area (Å²) in [6, 6.07) is 3.99. The maximum atomic E-state index is 13.7. The highest BCUT2D eigenvalue weighted by Crippen LogP contribution is 2.60. The molecule has 0 amide bonds. The molecule has 0 N–H and O–H groups in total. The number of esters is 2. The predicted molar refractivity (Wildman–Crippen MR) is 116 cm³/mol. The first-order valence-electron chi connectivity index (χ1n) is 10.5. The predicted octanol–water partition coefficient (Wildman–Crippen LogP) is 3.69. The van der Waals surface area contributed by atoms with E-state index in [-0.39, 0.29) is 59.6 Å². The smallest absolute Gasteiger partial charge is 0.413 e. The van der Waals surface area contributed by atoms with Crippen LogP contribution in [0.15, 0.2) is 30.3 Å². The van der Waals surface area contributed by atoms with Crippen LogP contribution in [0.1, 0.15) is 17.0 Å². The van der Waals surface area contributed by atoms with E-state index < -0.39 is 29.2 Å². The standard InChI is InChI=1S/C12H10F2N2O3.C12H10F2O3/c1-18-12-8(9(13)4-5-10(12)14)3-2-6-19-11(17)7-16-15;1-16-11-7(14)3-2-6(13)10(11)8-5-4-17-12(15)9(5)8/h2-5,7H,6H2,1H3;2-3,5,8-9H,4H2,1H3/b3-2-;/t;5-,8?,9-/m.1/s1. The molecule has 12 heteroatoms. The molecule has 2 aromatic rings. The van der Waals surface area contributed by atoms with Gasteiger partial charge in [-0.15, -0.1) is 0 Å². The Morgan fingerprint density at radius 1 is 1.03 bits per heavy atom. The second-order valence-electron chi connectivity index (χ2n) is 7.57. The Bertz CT molecular complexity index is 1250. The van der Waals surface area contributed by atoms with Crippen molar-refractivity contribution in [3.05, 3.63) is 70.3 Å². The van der Waals surface area contributed by atoms with Gasteiger partial charge in [-0.05, 0) is 36.4 Å². The van der Waals surface area contributed by atoms with Crippen LogP contribution >= 0.6 is 0 Å². The lowest BCUT2D eigenvalue weighted by molar-refractivity contribution is -0.141. The number of methoxy groups -OCH3 is 2. The van der Waals surface area contributed by atoms with E-state index >= 15 is 0 Å². The van der Waals surface area contributed by atoms with Crippen LogP contribution in [-0.2, 0) is 19.1 Å². The zero-order valence-corrected chi connectivity index (χ0v) is 19.0. The molecule has 1 heterocycles. The number of benzene rings is 2. The summed E-state index contributed by atoms with van der Waals surface area (Å²) >= 11 is 0. The number of carbonyl (C=O) groups is 2. The maximum Gasteiger partial charge on any atom is 0.413 e. The monoisotopic (exact) mass is 508 g/mol. The summed E-state index contributed by atoms with van der Waals surface area (Å²) in [6.07, 6.45) is 3.08. The van der Waals surface area contributed by atoms with Crippen molar-refractivity contribution in [3.8, 4) is 11.5 Å². The van der Waals surface area contributed by atoms with E-state index in [1.165, 1.54) is 26.4 Å². The fourth-order valence-electron chi connectivity index (χ4n) is 3.93. The van der Waals surface area contributed by atoms with Crippen LogP contribution in [0.5, 0.6) is 11.5 Å². The fraction of sp³-hybridized carbons (Fsp3) is 0.292. The van der Waals surface area contributed by atoms with Crippen LogP contribution in [0.4, 0.5) is 17.6 Å². The summed E-state index contributed by atoms with van der Waals surface area (Å²) in [4.78, 5) is 24.6. The summed E-state index contributed by atoms with van der Waals surface area (Å²) in [5, 5.41) is 0. The Kier molecular flexibility index (Phi) is 8.44. The second kappa shape index (κ2) is 11.5. The minimum Gasteiger partial charge on any atom is -0.493 e. The van der Waals surface area contributed by atoms with Crippen LogP contribution < -0.4 is 9.47 Å². The van der Waals surface area contributed by atoms with E-state index in [1.54, 1.807) is 0 Å². The van der Waals surface area contributed by atoms with Crippen LogP contribution in [0, 0.1) is 35.1 Å². The number of carbonyl (C=O) groups excluding carboxylic acids is 2. The number of halogens is 4. The van der Waals surface area contributed by atoms with E-state index in [0.29, 0.717) is 6.21 Å². The van der Waals surface area contributed by atoms with Crippen molar-refractivity contribution in [2.24, 2.45) is 11.8 Å². The molecule has 1 saturated carbocycles.